The average Bonchev–Trinajstić information content (AvgIpc) is 2.89. The maximum Gasteiger partial charge on any atom is 0.335 e. The highest BCUT2D eigenvalue weighted by atomic mass is 16.4. The van der Waals surface area contributed by atoms with Gasteiger partial charge in [-0.1, -0.05) is 0 Å². The van der Waals surface area contributed by atoms with E-state index in [4.69, 9.17) is 10.4 Å². The third-order valence-corrected chi connectivity index (χ3v) is 3.01. The lowest BCUT2D eigenvalue weighted by molar-refractivity contribution is 0.0697. The number of nitrogens with zero attached hydrogens (tertiary/aromatic N) is 2. The summed E-state index contributed by atoms with van der Waals surface area (Å²) in [5.41, 5.74) is 2.89. The number of aromatic carboxylic acids is 1. The van der Waals surface area contributed by atoms with Gasteiger partial charge in [-0.2, -0.15) is 5.26 Å². The van der Waals surface area contributed by atoms with E-state index < -0.39 is 5.97 Å². The first-order chi connectivity index (χ1) is 10.2. The van der Waals surface area contributed by atoms with Crippen molar-refractivity contribution in [1.29, 1.82) is 5.26 Å². The number of hydrogen-bond acceptors (Lipinski definition) is 4. The number of hydrogen-bond donors (Lipinski definition) is 3. The number of nitriles is 1. The molecule has 0 amide bonds. The summed E-state index contributed by atoms with van der Waals surface area (Å²) in [5.74, 6) is -0.467. The Hall–Kier alpha value is -3.33. The van der Waals surface area contributed by atoms with Crippen LogP contribution >= 0.6 is 0 Å². The summed E-state index contributed by atoms with van der Waals surface area (Å²) in [7, 11) is 0. The van der Waals surface area contributed by atoms with Gasteiger partial charge in [-0.15, -0.1) is 0 Å². The number of imidazole rings is 1. The number of aromatic amines is 1. The monoisotopic (exact) mass is 278 g/mol. The number of carboxylic acids is 1. The lowest BCUT2D eigenvalue weighted by atomic mass is 10.2. The summed E-state index contributed by atoms with van der Waals surface area (Å²) in [6.07, 6.45) is 0. The second-order valence-electron chi connectivity index (χ2n) is 4.44. The average molecular weight is 278 g/mol. The van der Waals surface area contributed by atoms with Crippen molar-refractivity contribution in [3.05, 3.63) is 53.6 Å². The van der Waals surface area contributed by atoms with Gasteiger partial charge in [-0.25, -0.2) is 9.78 Å². The highest BCUT2D eigenvalue weighted by Crippen LogP contribution is 2.19. The first-order valence-electron chi connectivity index (χ1n) is 6.16. The number of nitrogens with one attached hydrogen (secondary N) is 2. The molecule has 0 aliphatic carbocycles. The molecule has 3 N–H and O–H groups in total. The van der Waals surface area contributed by atoms with E-state index in [1.807, 2.05) is 6.07 Å². The fourth-order valence-corrected chi connectivity index (χ4v) is 1.97. The molecule has 3 rings (SSSR count). The van der Waals surface area contributed by atoms with Gasteiger partial charge in [-0.3, -0.25) is 0 Å². The smallest absolute Gasteiger partial charge is 0.335 e. The Labute approximate surface area is 119 Å². The molecule has 3 aromatic rings. The van der Waals surface area contributed by atoms with Crippen LogP contribution in [0.15, 0.2) is 42.5 Å². The minimum atomic E-state index is -0.979. The molecule has 6 nitrogen and oxygen atoms in total. The maximum absolute atomic E-state index is 10.9. The predicted octanol–water partition coefficient (Wildman–Crippen LogP) is 2.88. The maximum atomic E-state index is 10.9. The molecule has 21 heavy (non-hydrogen) atoms. The van der Waals surface area contributed by atoms with E-state index in [1.54, 1.807) is 30.3 Å². The molecular formula is C15H10N4O2. The summed E-state index contributed by atoms with van der Waals surface area (Å²) in [5, 5.41) is 20.8. The normalized spacial score (nSPS) is 10.2. The fourth-order valence-electron chi connectivity index (χ4n) is 1.97. The van der Waals surface area contributed by atoms with Crippen LogP contribution in [0.3, 0.4) is 0 Å². The highest BCUT2D eigenvalue weighted by Gasteiger charge is 2.07. The van der Waals surface area contributed by atoms with Crippen LogP contribution in [0, 0.1) is 11.3 Å². The first-order valence-corrected chi connectivity index (χ1v) is 6.16. The van der Waals surface area contributed by atoms with Crippen LogP contribution in [-0.2, 0) is 0 Å². The first kappa shape index (κ1) is 12.7. The Bertz CT molecular complexity index is 860. The minimum Gasteiger partial charge on any atom is -0.478 e. The van der Waals surface area contributed by atoms with Crippen molar-refractivity contribution in [2.75, 3.05) is 5.32 Å². The standard InChI is InChI=1S/C15H10N4O2/c16-8-9-1-4-11(5-2-9)17-15-18-12-6-3-10(14(20)21)7-13(12)19-15/h1-7H,(H,20,21)(H2,17,18,19). The van der Waals surface area contributed by atoms with Crippen LogP contribution in [0.25, 0.3) is 11.0 Å². The molecule has 0 spiro atoms. The summed E-state index contributed by atoms with van der Waals surface area (Å²) in [6, 6.07) is 13.7. The van der Waals surface area contributed by atoms with Crippen molar-refractivity contribution in [2.24, 2.45) is 0 Å². The summed E-state index contributed by atoms with van der Waals surface area (Å²) >= 11 is 0. The summed E-state index contributed by atoms with van der Waals surface area (Å²) < 4.78 is 0. The number of fused-ring (bicyclic) bond motifs is 1. The van der Waals surface area contributed by atoms with Crippen molar-refractivity contribution in [1.82, 2.24) is 9.97 Å². The van der Waals surface area contributed by atoms with Gasteiger partial charge in [0.2, 0.25) is 5.95 Å². The van der Waals surface area contributed by atoms with Crippen molar-refractivity contribution in [2.45, 2.75) is 0 Å². The molecule has 0 unspecified atom stereocenters. The van der Waals surface area contributed by atoms with Crippen LogP contribution in [0.2, 0.25) is 0 Å². The molecule has 0 atom stereocenters. The Balaban J connectivity index is 1.90. The zero-order valence-corrected chi connectivity index (χ0v) is 10.8. The fraction of sp³-hybridized carbons (Fsp3) is 0. The molecular weight excluding hydrogens is 268 g/mol. The summed E-state index contributed by atoms with van der Waals surface area (Å²) in [6.45, 7) is 0. The number of aromatic nitrogens is 2. The Morgan fingerprint density at radius 1 is 1.24 bits per heavy atom. The second-order valence-corrected chi connectivity index (χ2v) is 4.44. The molecule has 0 bridgehead atoms. The summed E-state index contributed by atoms with van der Waals surface area (Å²) in [4.78, 5) is 18.3. The van der Waals surface area contributed by atoms with Crippen LogP contribution in [0.4, 0.5) is 11.6 Å². The third-order valence-electron chi connectivity index (χ3n) is 3.01. The van der Waals surface area contributed by atoms with Gasteiger partial charge in [0.15, 0.2) is 0 Å². The van der Waals surface area contributed by atoms with Gasteiger partial charge < -0.3 is 15.4 Å². The number of carbonyl (C=O) groups is 1. The topological polar surface area (TPSA) is 102 Å². The molecule has 102 valence electrons. The zero-order chi connectivity index (χ0) is 14.8. The Kier molecular flexibility index (Phi) is 3.01. The van der Waals surface area contributed by atoms with E-state index in [2.05, 4.69) is 15.3 Å². The molecule has 0 saturated carbocycles. The molecule has 0 aliphatic rings. The van der Waals surface area contributed by atoms with E-state index in [9.17, 15) is 4.79 Å². The number of benzene rings is 2. The van der Waals surface area contributed by atoms with Gasteiger partial charge in [0.1, 0.15) is 0 Å². The SMILES string of the molecule is N#Cc1ccc(Nc2nc3ccc(C(=O)O)cc3[nH]2)cc1. The Morgan fingerprint density at radius 3 is 2.67 bits per heavy atom. The molecule has 0 fully saturated rings. The second kappa shape index (κ2) is 4.98. The molecule has 6 heteroatoms. The number of anilines is 2. The third kappa shape index (κ3) is 2.53. The van der Waals surface area contributed by atoms with Crippen molar-refractivity contribution < 1.29 is 9.90 Å². The van der Waals surface area contributed by atoms with Crippen molar-refractivity contribution in [3.63, 3.8) is 0 Å². The van der Waals surface area contributed by atoms with E-state index in [1.165, 1.54) is 12.1 Å². The molecule has 2 aromatic carbocycles. The van der Waals surface area contributed by atoms with E-state index in [0.717, 1.165) is 5.69 Å². The number of H-pyrrole nitrogens is 1. The highest BCUT2D eigenvalue weighted by molar-refractivity contribution is 5.92. The van der Waals surface area contributed by atoms with Crippen molar-refractivity contribution in [3.8, 4) is 6.07 Å². The van der Waals surface area contributed by atoms with Gasteiger partial charge in [-0.05, 0) is 42.5 Å². The van der Waals surface area contributed by atoms with E-state index >= 15 is 0 Å². The van der Waals surface area contributed by atoms with Gasteiger partial charge >= 0.3 is 5.97 Å². The number of rotatable bonds is 3. The van der Waals surface area contributed by atoms with Gasteiger partial charge in [0, 0.05) is 5.69 Å². The zero-order valence-electron chi connectivity index (χ0n) is 10.8. The molecule has 0 radical (unpaired) electrons. The van der Waals surface area contributed by atoms with Crippen LogP contribution in [0.1, 0.15) is 15.9 Å². The number of carboxylic acid groups (broad SMARTS) is 1. The lowest BCUT2D eigenvalue weighted by Gasteiger charge is -2.01. The largest absolute Gasteiger partial charge is 0.478 e. The van der Waals surface area contributed by atoms with Gasteiger partial charge in [0.05, 0.1) is 28.2 Å². The lowest BCUT2D eigenvalue weighted by Crippen LogP contribution is -1.94. The Morgan fingerprint density at radius 2 is 2.00 bits per heavy atom. The van der Waals surface area contributed by atoms with Crippen LogP contribution < -0.4 is 5.32 Å². The molecule has 0 saturated heterocycles. The molecule has 1 aromatic heterocycles. The van der Waals surface area contributed by atoms with E-state index in [0.29, 0.717) is 22.5 Å². The molecule has 1 heterocycles. The molecule has 0 aliphatic heterocycles. The van der Waals surface area contributed by atoms with Crippen molar-refractivity contribution >= 4 is 28.6 Å². The quantitative estimate of drug-likeness (QED) is 0.683. The van der Waals surface area contributed by atoms with Crippen LogP contribution in [0.5, 0.6) is 0 Å². The predicted molar refractivity (Wildman–Crippen MR) is 77.5 cm³/mol. The van der Waals surface area contributed by atoms with E-state index in [-0.39, 0.29) is 5.56 Å². The van der Waals surface area contributed by atoms with Crippen LogP contribution in [-0.4, -0.2) is 21.0 Å². The van der Waals surface area contributed by atoms with Gasteiger partial charge in [0.25, 0.3) is 0 Å². The minimum absolute atomic E-state index is 0.205.